The molecule has 2 fully saturated rings. The predicted molar refractivity (Wildman–Crippen MR) is 74.6 cm³/mol. The first-order chi connectivity index (χ1) is 9.36. The summed E-state index contributed by atoms with van der Waals surface area (Å²) in [7, 11) is 0. The number of aromatic nitrogens is 2. The monoisotopic (exact) mass is 283 g/mol. The van der Waals surface area contributed by atoms with Crippen LogP contribution in [0.25, 0.3) is 0 Å². The summed E-state index contributed by atoms with van der Waals surface area (Å²) >= 11 is 1.75. The van der Waals surface area contributed by atoms with E-state index >= 15 is 0 Å². The van der Waals surface area contributed by atoms with Crippen molar-refractivity contribution in [2.24, 2.45) is 5.92 Å². The Hall–Kier alpha value is -1.01. The first kappa shape index (κ1) is 11.8. The quantitative estimate of drug-likeness (QED) is 0.888. The van der Waals surface area contributed by atoms with Crippen molar-refractivity contribution in [3.63, 3.8) is 0 Å². The summed E-state index contributed by atoms with van der Waals surface area (Å²) in [5.41, 5.74) is -0.817. The van der Waals surface area contributed by atoms with Crippen molar-refractivity contribution in [2.45, 2.75) is 44.2 Å². The number of rotatable bonds is 2. The molecule has 5 nitrogen and oxygen atoms in total. The molecular formula is C13H18N2O3S. The zero-order valence-corrected chi connectivity index (χ0v) is 12.0. The third-order valence-electron chi connectivity index (χ3n) is 4.29. The summed E-state index contributed by atoms with van der Waals surface area (Å²) < 4.78 is 15.7. The van der Waals surface area contributed by atoms with Crippen LogP contribution in [0.2, 0.25) is 0 Å². The Labute approximate surface area is 116 Å². The van der Waals surface area contributed by atoms with E-state index in [2.05, 4.69) is 11.9 Å². The normalized spacial score (nSPS) is 39.3. The van der Waals surface area contributed by atoms with Crippen LogP contribution < -0.4 is 11.2 Å². The molecule has 2 aliphatic heterocycles. The van der Waals surface area contributed by atoms with E-state index in [9.17, 15) is 9.59 Å². The van der Waals surface area contributed by atoms with E-state index in [1.165, 1.54) is 4.57 Å². The molecular weight excluding hydrogens is 264 g/mol. The number of nitrogens with one attached hydrogen (secondary N) is 1. The van der Waals surface area contributed by atoms with Crippen LogP contribution in [0.3, 0.4) is 0 Å². The maximum absolute atomic E-state index is 12.0. The molecule has 0 spiro atoms. The highest BCUT2D eigenvalue weighted by atomic mass is 32.2. The fourth-order valence-electron chi connectivity index (χ4n) is 2.95. The number of aromatic amines is 1. The van der Waals surface area contributed by atoms with E-state index in [1.807, 2.05) is 6.92 Å². The lowest BCUT2D eigenvalue weighted by Crippen LogP contribution is -2.39. The van der Waals surface area contributed by atoms with Crippen LogP contribution in [0.1, 0.15) is 33.4 Å². The summed E-state index contributed by atoms with van der Waals surface area (Å²) in [5, 5.41) is 0.144. The second-order valence-electron chi connectivity index (χ2n) is 5.29. The Bertz CT molecular complexity index is 656. The molecule has 19 heavy (non-hydrogen) atoms. The molecule has 1 N–H and O–H groups in total. The lowest BCUT2D eigenvalue weighted by Gasteiger charge is -2.31. The van der Waals surface area contributed by atoms with Crippen molar-refractivity contribution in [1.82, 2.24) is 9.55 Å². The summed E-state index contributed by atoms with van der Waals surface area (Å²) in [4.78, 5) is 25.8. The highest BCUT2D eigenvalue weighted by Crippen LogP contribution is 2.56. The Kier molecular flexibility index (Phi) is 2.63. The molecule has 0 aliphatic carbocycles. The molecule has 1 aromatic rings. The van der Waals surface area contributed by atoms with Crippen LogP contribution in [-0.4, -0.2) is 26.2 Å². The highest BCUT2D eigenvalue weighted by molar-refractivity contribution is 8.00. The maximum atomic E-state index is 12.0. The topological polar surface area (TPSA) is 64.1 Å². The molecule has 0 saturated carbocycles. The van der Waals surface area contributed by atoms with Crippen LogP contribution in [0.15, 0.2) is 15.8 Å². The molecule has 2 bridgehead atoms. The summed E-state index contributed by atoms with van der Waals surface area (Å²) in [6.07, 6.45) is 0.807. The fourth-order valence-corrected chi connectivity index (χ4v) is 4.77. The summed E-state index contributed by atoms with van der Waals surface area (Å²) in [6.45, 7) is 5.59. The van der Waals surface area contributed by atoms with Gasteiger partial charge in [0, 0.05) is 24.8 Å². The minimum atomic E-state index is -0.497. The van der Waals surface area contributed by atoms with Crippen LogP contribution in [-0.2, 0) is 4.74 Å². The molecule has 0 amide bonds. The molecule has 0 aromatic carbocycles. The third-order valence-corrected chi connectivity index (χ3v) is 5.94. The predicted octanol–water partition coefficient (Wildman–Crippen LogP) is 1.27. The van der Waals surface area contributed by atoms with E-state index in [0.29, 0.717) is 5.56 Å². The Morgan fingerprint density at radius 3 is 3.05 bits per heavy atom. The van der Waals surface area contributed by atoms with E-state index < -0.39 is 17.5 Å². The number of hydrogen-bond donors (Lipinski definition) is 1. The molecule has 6 heteroatoms. The van der Waals surface area contributed by atoms with Crippen molar-refractivity contribution >= 4 is 11.8 Å². The molecule has 104 valence electrons. The van der Waals surface area contributed by atoms with Crippen molar-refractivity contribution in [3.05, 3.63) is 32.6 Å². The zero-order valence-electron chi connectivity index (χ0n) is 12.2. The van der Waals surface area contributed by atoms with Gasteiger partial charge in [-0.1, -0.05) is 13.8 Å². The van der Waals surface area contributed by atoms with Gasteiger partial charge in [-0.2, -0.15) is 11.8 Å². The number of nitrogens with zero attached hydrogens (tertiary/aromatic N) is 1. The highest BCUT2D eigenvalue weighted by Gasteiger charge is 2.58. The van der Waals surface area contributed by atoms with Gasteiger partial charge in [0.25, 0.3) is 5.56 Å². The first-order valence-corrected chi connectivity index (χ1v) is 7.45. The number of thioether (sulfide) groups is 1. The molecule has 5 atom stereocenters. The lowest BCUT2D eigenvalue weighted by atomic mass is 9.88. The molecule has 2 aliphatic rings. The van der Waals surface area contributed by atoms with Gasteiger partial charge in [0.15, 0.2) is 6.23 Å². The van der Waals surface area contributed by atoms with Gasteiger partial charge in [-0.25, -0.2) is 4.79 Å². The molecule has 1 aromatic heterocycles. The standard InChI is InChI=1S/C13H18N2O3S/c1-4-13-6-19-9(8(13)3)11(18-13)15-5-7(2)10(16)14-12(15)17/h5,8-9,11H,4,6H2,1-3H3,(H,14,16,17)/t8-,9+,11+,13-/m0/s1/i4D/t4-,8+,9-,11-,13+/m1. The smallest absolute Gasteiger partial charge is 0.330 e. The maximum Gasteiger partial charge on any atom is 0.330 e. The van der Waals surface area contributed by atoms with Gasteiger partial charge >= 0.3 is 5.69 Å². The largest absolute Gasteiger partial charge is 0.349 e. The van der Waals surface area contributed by atoms with Gasteiger partial charge in [0.05, 0.1) is 10.9 Å². The molecule has 0 radical (unpaired) electrons. The second-order valence-corrected chi connectivity index (χ2v) is 6.46. The van der Waals surface area contributed by atoms with Crippen LogP contribution in [0.4, 0.5) is 0 Å². The summed E-state index contributed by atoms with van der Waals surface area (Å²) in [6, 6.07) is 0. The number of H-pyrrole nitrogens is 1. The Morgan fingerprint density at radius 1 is 1.68 bits per heavy atom. The second kappa shape index (κ2) is 4.24. The van der Waals surface area contributed by atoms with Crippen LogP contribution in [0, 0.1) is 12.8 Å². The van der Waals surface area contributed by atoms with Crippen LogP contribution >= 0.6 is 11.8 Å². The zero-order chi connectivity index (χ0) is 14.7. The lowest BCUT2D eigenvalue weighted by molar-refractivity contribution is -0.0745. The number of hydrogen-bond acceptors (Lipinski definition) is 4. The molecule has 3 heterocycles. The average Bonchev–Trinajstić information content (AvgIpc) is 2.86. The van der Waals surface area contributed by atoms with E-state index in [4.69, 9.17) is 6.11 Å². The van der Waals surface area contributed by atoms with Crippen molar-refractivity contribution < 1.29 is 6.11 Å². The van der Waals surface area contributed by atoms with Crippen molar-refractivity contribution in [3.8, 4) is 0 Å². The minimum Gasteiger partial charge on any atom is -0.349 e. The van der Waals surface area contributed by atoms with Gasteiger partial charge in [0.2, 0.25) is 0 Å². The molecule has 2 saturated heterocycles. The number of ether oxygens (including phenoxy) is 1. The van der Waals surface area contributed by atoms with E-state index in [0.717, 1.165) is 5.75 Å². The summed E-state index contributed by atoms with van der Waals surface area (Å²) in [5.74, 6) is 1.00. The first-order valence-electron chi connectivity index (χ1n) is 6.98. The van der Waals surface area contributed by atoms with Gasteiger partial charge < -0.3 is 4.74 Å². The van der Waals surface area contributed by atoms with Crippen LogP contribution in [0.5, 0.6) is 0 Å². The van der Waals surface area contributed by atoms with Crippen molar-refractivity contribution in [2.75, 3.05) is 5.75 Å². The Morgan fingerprint density at radius 2 is 2.42 bits per heavy atom. The van der Waals surface area contributed by atoms with E-state index in [1.54, 1.807) is 24.9 Å². The fraction of sp³-hybridized carbons (Fsp3) is 0.692. The molecule has 3 rings (SSSR count). The number of aryl methyl sites for hydroxylation is 1. The van der Waals surface area contributed by atoms with Gasteiger partial charge in [-0.3, -0.25) is 14.3 Å². The minimum absolute atomic E-state index is 0.144. The number of fused-ring (bicyclic) bond motifs is 2. The van der Waals surface area contributed by atoms with Gasteiger partial charge in [-0.15, -0.1) is 0 Å². The third kappa shape index (κ3) is 1.73. The van der Waals surface area contributed by atoms with E-state index in [-0.39, 0.29) is 23.1 Å². The van der Waals surface area contributed by atoms with Gasteiger partial charge in [-0.05, 0) is 13.3 Å². The molecule has 0 unspecified atom stereocenters. The van der Waals surface area contributed by atoms with Gasteiger partial charge in [0.1, 0.15) is 0 Å². The Balaban J connectivity index is 2.05. The van der Waals surface area contributed by atoms with Crippen molar-refractivity contribution in [1.29, 1.82) is 0 Å². The average molecular weight is 283 g/mol. The SMILES string of the molecule is [2H][C@H](C)[C@@]12CS[C@@H]([C@H](n3cc(C)c(=O)[nH]c3=O)O1)[C@@H]2C.